The Labute approximate surface area is 132 Å². The number of benzene rings is 1. The summed E-state index contributed by atoms with van der Waals surface area (Å²) in [5.74, 6) is 0.782. The summed E-state index contributed by atoms with van der Waals surface area (Å²) in [5, 5.41) is 5.35. The lowest BCUT2D eigenvalue weighted by molar-refractivity contribution is 0.0564. The number of ether oxygens (including phenoxy) is 2. The van der Waals surface area contributed by atoms with Crippen molar-refractivity contribution in [3.05, 3.63) is 29.6 Å². The van der Waals surface area contributed by atoms with Crippen LogP contribution in [-0.4, -0.2) is 49.3 Å². The Hall–Kier alpha value is -2.12. The van der Waals surface area contributed by atoms with Gasteiger partial charge in [0.15, 0.2) is 5.13 Å². The Morgan fingerprint density at radius 3 is 3.00 bits per heavy atom. The minimum absolute atomic E-state index is 0.130. The number of nitrogens with one attached hydrogen (secondary N) is 1. The van der Waals surface area contributed by atoms with Crippen LogP contribution in [0, 0.1) is 0 Å². The van der Waals surface area contributed by atoms with Crippen molar-refractivity contribution in [2.75, 3.05) is 38.7 Å². The van der Waals surface area contributed by atoms with Crippen LogP contribution < -0.4 is 10.1 Å². The van der Waals surface area contributed by atoms with E-state index < -0.39 is 0 Å². The number of thiazole rings is 1. The average molecular weight is 319 g/mol. The molecule has 1 saturated heterocycles. The molecule has 0 spiro atoms. The zero-order chi connectivity index (χ0) is 15.4. The predicted octanol–water partition coefficient (Wildman–Crippen LogP) is 2.68. The molecule has 22 heavy (non-hydrogen) atoms. The monoisotopic (exact) mass is 319 g/mol. The summed E-state index contributed by atoms with van der Waals surface area (Å²) in [7, 11) is 1.63. The van der Waals surface area contributed by atoms with Crippen molar-refractivity contribution in [2.24, 2.45) is 0 Å². The lowest BCUT2D eigenvalue weighted by Gasteiger charge is -2.26. The normalized spacial score (nSPS) is 14.7. The van der Waals surface area contributed by atoms with E-state index in [1.54, 1.807) is 12.0 Å². The highest BCUT2D eigenvalue weighted by Gasteiger charge is 2.18. The van der Waals surface area contributed by atoms with Crippen molar-refractivity contribution >= 4 is 22.5 Å². The largest absolute Gasteiger partial charge is 0.497 e. The molecule has 0 unspecified atom stereocenters. The fourth-order valence-electron chi connectivity index (χ4n) is 2.18. The van der Waals surface area contributed by atoms with Crippen LogP contribution in [0.25, 0.3) is 11.3 Å². The zero-order valence-electron chi connectivity index (χ0n) is 12.2. The third kappa shape index (κ3) is 3.37. The summed E-state index contributed by atoms with van der Waals surface area (Å²) in [6.45, 7) is 2.39. The van der Waals surface area contributed by atoms with E-state index in [4.69, 9.17) is 9.47 Å². The van der Waals surface area contributed by atoms with Gasteiger partial charge in [-0.05, 0) is 12.1 Å². The van der Waals surface area contributed by atoms with Gasteiger partial charge in [0.05, 0.1) is 26.0 Å². The molecular formula is C15H17N3O3S. The lowest BCUT2D eigenvalue weighted by atomic mass is 10.2. The van der Waals surface area contributed by atoms with Crippen molar-refractivity contribution in [1.82, 2.24) is 9.88 Å². The van der Waals surface area contributed by atoms with E-state index in [0.717, 1.165) is 17.0 Å². The molecule has 1 aliphatic heterocycles. The van der Waals surface area contributed by atoms with E-state index in [-0.39, 0.29) is 6.03 Å². The molecule has 3 rings (SSSR count). The van der Waals surface area contributed by atoms with E-state index in [1.807, 2.05) is 29.6 Å². The third-order valence-corrected chi connectivity index (χ3v) is 4.14. The van der Waals surface area contributed by atoms with E-state index >= 15 is 0 Å². The Morgan fingerprint density at radius 1 is 1.41 bits per heavy atom. The molecule has 0 bridgehead atoms. The summed E-state index contributed by atoms with van der Waals surface area (Å²) >= 11 is 1.41. The molecule has 1 aromatic heterocycles. The highest BCUT2D eigenvalue weighted by atomic mass is 32.1. The molecule has 1 N–H and O–H groups in total. The molecule has 0 atom stereocenters. The molecule has 2 aromatic rings. The molecule has 1 fully saturated rings. The van der Waals surface area contributed by atoms with Gasteiger partial charge in [-0.3, -0.25) is 5.32 Å². The van der Waals surface area contributed by atoms with E-state index in [1.165, 1.54) is 11.3 Å². The van der Waals surface area contributed by atoms with Crippen molar-refractivity contribution < 1.29 is 14.3 Å². The van der Waals surface area contributed by atoms with Crippen molar-refractivity contribution in [3.8, 4) is 17.0 Å². The van der Waals surface area contributed by atoms with E-state index in [9.17, 15) is 4.79 Å². The number of urea groups is 1. The number of hydrogen-bond donors (Lipinski definition) is 1. The van der Waals surface area contributed by atoms with Crippen LogP contribution in [0.1, 0.15) is 0 Å². The molecule has 1 aromatic carbocycles. The zero-order valence-corrected chi connectivity index (χ0v) is 13.1. The van der Waals surface area contributed by atoms with Crippen molar-refractivity contribution in [3.63, 3.8) is 0 Å². The maximum Gasteiger partial charge on any atom is 0.323 e. The van der Waals surface area contributed by atoms with Crippen LogP contribution in [0.3, 0.4) is 0 Å². The van der Waals surface area contributed by atoms with Gasteiger partial charge in [0, 0.05) is 24.0 Å². The van der Waals surface area contributed by atoms with Crippen LogP contribution >= 0.6 is 11.3 Å². The number of carbonyl (C=O) groups excluding carboxylic acids is 1. The minimum atomic E-state index is -0.130. The Morgan fingerprint density at radius 2 is 2.23 bits per heavy atom. The fourth-order valence-corrected chi connectivity index (χ4v) is 2.89. The number of amides is 2. The Bertz CT molecular complexity index is 653. The summed E-state index contributed by atoms with van der Waals surface area (Å²) in [6, 6.07) is 7.56. The van der Waals surface area contributed by atoms with Gasteiger partial charge in [0.25, 0.3) is 0 Å². The van der Waals surface area contributed by atoms with Crippen molar-refractivity contribution in [1.29, 1.82) is 0 Å². The second-order valence-electron chi connectivity index (χ2n) is 4.80. The minimum Gasteiger partial charge on any atom is -0.497 e. The molecule has 6 nitrogen and oxygen atoms in total. The summed E-state index contributed by atoms with van der Waals surface area (Å²) in [5.41, 5.74) is 1.78. The Kier molecular flexibility index (Phi) is 4.55. The average Bonchev–Trinajstić information content (AvgIpc) is 3.04. The van der Waals surface area contributed by atoms with Crippen LogP contribution in [0.2, 0.25) is 0 Å². The van der Waals surface area contributed by atoms with E-state index in [0.29, 0.717) is 31.4 Å². The van der Waals surface area contributed by atoms with Gasteiger partial charge < -0.3 is 14.4 Å². The first kappa shape index (κ1) is 14.8. The number of anilines is 1. The van der Waals surface area contributed by atoms with Gasteiger partial charge >= 0.3 is 6.03 Å². The maximum atomic E-state index is 12.1. The van der Waals surface area contributed by atoms with Gasteiger partial charge in [0.1, 0.15) is 5.75 Å². The maximum absolute atomic E-state index is 12.1. The molecule has 0 radical (unpaired) electrons. The predicted molar refractivity (Wildman–Crippen MR) is 85.5 cm³/mol. The molecule has 7 heteroatoms. The first-order valence-electron chi connectivity index (χ1n) is 7.00. The number of hydrogen-bond acceptors (Lipinski definition) is 5. The quantitative estimate of drug-likeness (QED) is 0.945. The molecule has 116 valence electrons. The lowest BCUT2D eigenvalue weighted by Crippen LogP contribution is -2.43. The number of nitrogens with zero attached hydrogens (tertiary/aromatic N) is 2. The summed E-state index contributed by atoms with van der Waals surface area (Å²) in [6.07, 6.45) is 0. The number of morpholine rings is 1. The second-order valence-corrected chi connectivity index (χ2v) is 5.66. The van der Waals surface area contributed by atoms with Gasteiger partial charge in [-0.1, -0.05) is 12.1 Å². The number of carbonyl (C=O) groups is 1. The topological polar surface area (TPSA) is 63.7 Å². The van der Waals surface area contributed by atoms with Gasteiger partial charge in [-0.15, -0.1) is 11.3 Å². The van der Waals surface area contributed by atoms with Crippen LogP contribution in [0.5, 0.6) is 5.75 Å². The van der Waals surface area contributed by atoms with Crippen LogP contribution in [0.15, 0.2) is 29.6 Å². The SMILES string of the molecule is COc1cccc(-c2csc(NC(=O)N3CCOCC3)n2)c1. The summed E-state index contributed by atoms with van der Waals surface area (Å²) in [4.78, 5) is 18.3. The molecule has 2 amide bonds. The van der Waals surface area contributed by atoms with Gasteiger partial charge in [-0.2, -0.15) is 0 Å². The molecular weight excluding hydrogens is 302 g/mol. The first-order chi connectivity index (χ1) is 10.8. The number of aromatic nitrogens is 1. The van der Waals surface area contributed by atoms with Crippen molar-refractivity contribution in [2.45, 2.75) is 0 Å². The molecule has 2 heterocycles. The number of methoxy groups -OCH3 is 1. The van der Waals surface area contributed by atoms with E-state index in [2.05, 4.69) is 10.3 Å². The third-order valence-electron chi connectivity index (χ3n) is 3.38. The van der Waals surface area contributed by atoms with Crippen LogP contribution in [0.4, 0.5) is 9.93 Å². The first-order valence-corrected chi connectivity index (χ1v) is 7.88. The fraction of sp³-hybridized carbons (Fsp3) is 0.333. The second kappa shape index (κ2) is 6.76. The molecule has 1 aliphatic rings. The Balaban J connectivity index is 1.69. The van der Waals surface area contributed by atoms with Gasteiger partial charge in [-0.25, -0.2) is 9.78 Å². The summed E-state index contributed by atoms with van der Waals surface area (Å²) < 4.78 is 10.5. The van der Waals surface area contributed by atoms with Crippen LogP contribution in [-0.2, 0) is 4.74 Å². The smallest absolute Gasteiger partial charge is 0.323 e. The number of rotatable bonds is 3. The highest BCUT2D eigenvalue weighted by Crippen LogP contribution is 2.27. The molecule has 0 saturated carbocycles. The molecule has 0 aliphatic carbocycles. The van der Waals surface area contributed by atoms with Gasteiger partial charge in [0.2, 0.25) is 0 Å². The highest BCUT2D eigenvalue weighted by molar-refractivity contribution is 7.14. The standard InChI is InChI=1S/C15H17N3O3S/c1-20-12-4-2-3-11(9-12)13-10-22-14(16-13)17-15(19)18-5-7-21-8-6-18/h2-4,9-10H,5-8H2,1H3,(H,16,17,19).